The van der Waals surface area contributed by atoms with E-state index in [2.05, 4.69) is 30.7 Å². The van der Waals surface area contributed by atoms with Gasteiger partial charge in [-0.25, -0.2) is 9.78 Å². The number of fused-ring (bicyclic) bond motifs is 1. The molecule has 4 aromatic rings. The van der Waals surface area contributed by atoms with E-state index in [-0.39, 0.29) is 5.56 Å². The normalized spacial score (nSPS) is 16.5. The number of hydrogen-bond donors (Lipinski definition) is 0. The zero-order valence-electron chi connectivity index (χ0n) is 27.1. The number of carbonyl (C=O) groups excluding carboxylic acids is 1. The van der Waals surface area contributed by atoms with Crippen molar-refractivity contribution < 1.29 is 19.0 Å². The summed E-state index contributed by atoms with van der Waals surface area (Å²) in [5, 5.41) is 1.40. The third kappa shape index (κ3) is 6.56. The molecule has 0 bridgehead atoms. The molecule has 0 spiro atoms. The van der Waals surface area contributed by atoms with E-state index in [1.54, 1.807) is 50.5 Å². The zero-order valence-corrected chi connectivity index (χ0v) is 27.1. The van der Waals surface area contributed by atoms with Crippen LogP contribution in [0.2, 0.25) is 0 Å². The van der Waals surface area contributed by atoms with Gasteiger partial charge in [-0.3, -0.25) is 14.7 Å². The molecule has 2 saturated heterocycles. The first-order valence-corrected chi connectivity index (χ1v) is 15.8. The Kier molecular flexibility index (Phi) is 9.51. The largest absolute Gasteiger partial charge is 0.496 e. The van der Waals surface area contributed by atoms with E-state index in [0.717, 1.165) is 104 Å². The Morgan fingerprint density at radius 3 is 2.28 bits per heavy atom. The van der Waals surface area contributed by atoms with Crippen LogP contribution in [0.25, 0.3) is 21.9 Å². The van der Waals surface area contributed by atoms with Crippen LogP contribution in [0.4, 0.5) is 5.69 Å². The second-order valence-corrected chi connectivity index (χ2v) is 12.1. The van der Waals surface area contributed by atoms with Gasteiger partial charge in [0.1, 0.15) is 17.2 Å². The van der Waals surface area contributed by atoms with E-state index < -0.39 is 5.97 Å². The van der Waals surface area contributed by atoms with Gasteiger partial charge >= 0.3 is 5.97 Å². The van der Waals surface area contributed by atoms with E-state index >= 15 is 0 Å². The number of carbonyl (C=O) groups is 1. The van der Waals surface area contributed by atoms with Gasteiger partial charge in [-0.2, -0.15) is 0 Å². The first-order valence-electron chi connectivity index (χ1n) is 15.8. The highest BCUT2D eigenvalue weighted by Crippen LogP contribution is 2.39. The Morgan fingerprint density at radius 2 is 1.61 bits per heavy atom. The molecule has 2 fully saturated rings. The molecule has 46 heavy (non-hydrogen) atoms. The highest BCUT2D eigenvalue weighted by molar-refractivity contribution is 5.97. The van der Waals surface area contributed by atoms with E-state index in [1.165, 1.54) is 7.11 Å². The van der Waals surface area contributed by atoms with Crippen LogP contribution in [-0.2, 0) is 18.3 Å². The summed E-state index contributed by atoms with van der Waals surface area (Å²) in [4.78, 5) is 40.3. The standard InChI is InChI=1S/C35H42N6O5/c1-38-23-30(27-7-10-36-20-29(27)34(38)42)28-18-32(44-2)25(17-33(28)45-3)22-40-15-13-39(14-16-40)21-24-8-11-41(12-9-24)26-5-6-31(37-19-26)35(43)46-4/h5-7,10,17-20,23-24H,8-9,11-16,21-22H2,1-4H3. The van der Waals surface area contributed by atoms with Crippen LogP contribution in [0.5, 0.6) is 11.5 Å². The third-order valence-corrected chi connectivity index (χ3v) is 9.37. The molecule has 2 aliphatic heterocycles. The average molecular weight is 627 g/mol. The lowest BCUT2D eigenvalue weighted by Gasteiger charge is -2.39. The summed E-state index contributed by atoms with van der Waals surface area (Å²) in [7, 11) is 6.51. The minimum atomic E-state index is -0.410. The van der Waals surface area contributed by atoms with Gasteiger partial charge in [0.05, 0.1) is 38.6 Å². The van der Waals surface area contributed by atoms with Gasteiger partial charge in [-0.1, -0.05) is 0 Å². The summed E-state index contributed by atoms with van der Waals surface area (Å²) in [5.41, 5.74) is 4.16. The van der Waals surface area contributed by atoms with Crippen molar-refractivity contribution in [3.8, 4) is 22.6 Å². The van der Waals surface area contributed by atoms with Gasteiger partial charge < -0.3 is 28.6 Å². The van der Waals surface area contributed by atoms with Gasteiger partial charge in [0.2, 0.25) is 0 Å². The summed E-state index contributed by atoms with van der Waals surface area (Å²) in [5.74, 6) is 1.81. The molecule has 2 aliphatic rings. The molecule has 3 aromatic heterocycles. The molecule has 1 aromatic carbocycles. The van der Waals surface area contributed by atoms with E-state index in [4.69, 9.17) is 14.2 Å². The smallest absolute Gasteiger partial charge is 0.356 e. The number of aryl methyl sites for hydroxylation is 1. The molecule has 0 saturated carbocycles. The summed E-state index contributed by atoms with van der Waals surface area (Å²) >= 11 is 0. The van der Waals surface area contributed by atoms with Crippen LogP contribution in [0.3, 0.4) is 0 Å². The fourth-order valence-electron chi connectivity index (χ4n) is 6.73. The first kappa shape index (κ1) is 31.5. The average Bonchev–Trinajstić information content (AvgIpc) is 3.10. The summed E-state index contributed by atoms with van der Waals surface area (Å²) in [6.07, 6.45) is 9.24. The van der Waals surface area contributed by atoms with Crippen molar-refractivity contribution in [3.63, 3.8) is 0 Å². The maximum atomic E-state index is 12.7. The summed E-state index contributed by atoms with van der Waals surface area (Å²) < 4.78 is 18.1. The number of esters is 1. The number of nitrogens with zero attached hydrogens (tertiary/aromatic N) is 6. The van der Waals surface area contributed by atoms with Crippen molar-refractivity contribution in [2.45, 2.75) is 19.4 Å². The molecule has 0 N–H and O–H groups in total. The Labute approximate surface area is 269 Å². The number of ether oxygens (including phenoxy) is 3. The second-order valence-electron chi connectivity index (χ2n) is 12.1. The highest BCUT2D eigenvalue weighted by Gasteiger charge is 2.25. The molecular weight excluding hydrogens is 584 g/mol. The predicted molar refractivity (Wildman–Crippen MR) is 178 cm³/mol. The molecule has 0 unspecified atom stereocenters. The van der Waals surface area contributed by atoms with E-state index in [0.29, 0.717) is 17.0 Å². The zero-order chi connectivity index (χ0) is 32.2. The number of methoxy groups -OCH3 is 3. The van der Waals surface area contributed by atoms with Gasteiger partial charge in [-0.15, -0.1) is 0 Å². The fourth-order valence-corrected chi connectivity index (χ4v) is 6.73. The minimum absolute atomic E-state index is 0.0829. The maximum absolute atomic E-state index is 12.7. The lowest BCUT2D eigenvalue weighted by atomic mass is 9.95. The number of benzene rings is 1. The first-order chi connectivity index (χ1) is 22.4. The van der Waals surface area contributed by atoms with Crippen LogP contribution in [0.1, 0.15) is 28.9 Å². The third-order valence-electron chi connectivity index (χ3n) is 9.37. The van der Waals surface area contributed by atoms with Crippen LogP contribution in [0.15, 0.2) is 59.9 Å². The number of piperazine rings is 1. The van der Waals surface area contributed by atoms with E-state index in [9.17, 15) is 9.59 Å². The number of hydrogen-bond acceptors (Lipinski definition) is 10. The lowest BCUT2D eigenvalue weighted by Crippen LogP contribution is -2.48. The molecule has 6 rings (SSSR count). The fraction of sp³-hybridized carbons (Fsp3) is 0.429. The van der Waals surface area contributed by atoms with Crippen molar-refractivity contribution in [1.29, 1.82) is 0 Å². The Hall–Kier alpha value is -4.48. The van der Waals surface area contributed by atoms with Gasteiger partial charge in [0.15, 0.2) is 0 Å². The molecule has 0 atom stereocenters. The number of aromatic nitrogens is 3. The quantitative estimate of drug-likeness (QED) is 0.255. The Bertz CT molecular complexity index is 1740. The second kappa shape index (κ2) is 13.9. The number of piperidine rings is 1. The number of anilines is 1. The summed E-state index contributed by atoms with van der Waals surface area (Å²) in [6, 6.07) is 9.67. The maximum Gasteiger partial charge on any atom is 0.356 e. The molecule has 5 heterocycles. The predicted octanol–water partition coefficient (Wildman–Crippen LogP) is 3.83. The SMILES string of the molecule is COC(=O)c1ccc(N2CCC(CN3CCN(Cc4cc(OC)c(-c5cn(C)c(=O)c6cnccc56)cc4OC)CC3)CC2)cn1. The van der Waals surface area contributed by atoms with Gasteiger partial charge in [0, 0.05) is 94.7 Å². The molecule has 0 radical (unpaired) electrons. The highest BCUT2D eigenvalue weighted by atomic mass is 16.5. The Morgan fingerprint density at radius 1 is 0.870 bits per heavy atom. The number of pyridine rings is 3. The number of rotatable bonds is 9. The lowest BCUT2D eigenvalue weighted by molar-refractivity contribution is 0.0594. The topological polar surface area (TPSA) is 102 Å². The van der Waals surface area contributed by atoms with Crippen LogP contribution in [0, 0.1) is 5.92 Å². The van der Waals surface area contributed by atoms with Crippen LogP contribution >= 0.6 is 0 Å². The molecule has 11 nitrogen and oxygen atoms in total. The van der Waals surface area contributed by atoms with Crippen LogP contribution in [-0.4, -0.2) is 97.4 Å². The van der Waals surface area contributed by atoms with Gasteiger partial charge in [0.25, 0.3) is 5.56 Å². The van der Waals surface area contributed by atoms with Crippen molar-refractivity contribution in [2.24, 2.45) is 13.0 Å². The molecule has 242 valence electrons. The molecule has 11 heteroatoms. The molecule has 0 amide bonds. The van der Waals surface area contributed by atoms with Crippen molar-refractivity contribution in [3.05, 3.63) is 76.7 Å². The Balaban J connectivity index is 1.06. The minimum Gasteiger partial charge on any atom is -0.496 e. The summed E-state index contributed by atoms with van der Waals surface area (Å²) in [6.45, 7) is 7.93. The molecular formula is C35H42N6O5. The van der Waals surface area contributed by atoms with Crippen molar-refractivity contribution in [1.82, 2.24) is 24.3 Å². The van der Waals surface area contributed by atoms with Crippen molar-refractivity contribution >= 4 is 22.4 Å². The van der Waals surface area contributed by atoms with Crippen molar-refractivity contribution in [2.75, 3.05) is 72.0 Å². The monoisotopic (exact) mass is 626 g/mol. The van der Waals surface area contributed by atoms with Crippen LogP contribution < -0.4 is 19.9 Å². The van der Waals surface area contributed by atoms with E-state index in [1.807, 2.05) is 24.4 Å². The molecule has 0 aliphatic carbocycles. The van der Waals surface area contributed by atoms with Gasteiger partial charge in [-0.05, 0) is 54.5 Å².